The van der Waals surface area contributed by atoms with Crippen molar-refractivity contribution in [2.45, 2.75) is 70.1 Å². The number of phenolic OH excluding ortho intramolecular Hbond substituents is 1. The molecule has 3 amide bonds. The number of nitrogens with zero attached hydrogens (tertiary/aromatic N) is 1. The van der Waals surface area contributed by atoms with E-state index in [9.17, 15) is 39.3 Å². The van der Waals surface area contributed by atoms with Crippen molar-refractivity contribution >= 4 is 35.6 Å². The first-order valence-electron chi connectivity index (χ1n) is 12.7. The molecule has 0 aliphatic carbocycles. The molecule has 5 atom stereocenters. The van der Waals surface area contributed by atoms with E-state index in [0.29, 0.717) is 12.0 Å². The fourth-order valence-corrected chi connectivity index (χ4v) is 3.62. The number of hydrogen-bond donors (Lipinski definition) is 9. The average molecular weight is 566 g/mol. The van der Waals surface area contributed by atoms with Gasteiger partial charge in [-0.3, -0.25) is 24.2 Å². The monoisotopic (exact) mass is 565 g/mol. The van der Waals surface area contributed by atoms with Gasteiger partial charge in [-0.25, -0.2) is 4.79 Å². The van der Waals surface area contributed by atoms with Crippen LogP contribution in [0.4, 0.5) is 0 Å². The van der Waals surface area contributed by atoms with E-state index in [-0.39, 0.29) is 37.5 Å². The van der Waals surface area contributed by atoms with Crippen LogP contribution >= 0.6 is 0 Å². The summed E-state index contributed by atoms with van der Waals surface area (Å²) < 4.78 is 0. The fraction of sp³-hybridized carbons (Fsp3) is 0.520. The Labute approximate surface area is 231 Å². The van der Waals surface area contributed by atoms with Gasteiger partial charge in [0.2, 0.25) is 17.7 Å². The van der Waals surface area contributed by atoms with E-state index in [1.54, 1.807) is 26.0 Å². The molecule has 1 aromatic rings. The second-order valence-corrected chi connectivity index (χ2v) is 9.36. The van der Waals surface area contributed by atoms with E-state index in [1.807, 2.05) is 0 Å². The Bertz CT molecular complexity index is 1060. The lowest BCUT2D eigenvalue weighted by Gasteiger charge is -2.26. The minimum Gasteiger partial charge on any atom is -0.508 e. The number of carboxylic acid groups (broad SMARTS) is 2. The highest BCUT2D eigenvalue weighted by Crippen LogP contribution is 2.12. The van der Waals surface area contributed by atoms with E-state index < -0.39 is 66.2 Å². The predicted octanol–water partition coefficient (Wildman–Crippen LogP) is -1.62. The number of nitrogens with two attached hydrogens (primary N) is 3. The smallest absolute Gasteiger partial charge is 0.326 e. The van der Waals surface area contributed by atoms with Gasteiger partial charge in [0.1, 0.15) is 23.9 Å². The third kappa shape index (κ3) is 12.0. The number of nitrogens with one attached hydrogen (secondary N) is 3. The molecule has 12 N–H and O–H groups in total. The average Bonchev–Trinajstić information content (AvgIpc) is 2.88. The fourth-order valence-electron chi connectivity index (χ4n) is 3.62. The number of hydrogen-bond acceptors (Lipinski definition) is 8. The van der Waals surface area contributed by atoms with Crippen LogP contribution < -0.4 is 33.2 Å². The number of amides is 3. The van der Waals surface area contributed by atoms with Crippen molar-refractivity contribution in [3.8, 4) is 5.75 Å². The molecule has 0 aromatic heterocycles. The molecule has 0 aliphatic heterocycles. The van der Waals surface area contributed by atoms with E-state index >= 15 is 0 Å². The summed E-state index contributed by atoms with van der Waals surface area (Å²) >= 11 is 0. The molecule has 222 valence electrons. The minimum atomic E-state index is -1.63. The second-order valence-electron chi connectivity index (χ2n) is 9.36. The number of carbonyl (C=O) groups is 5. The van der Waals surface area contributed by atoms with Gasteiger partial charge in [-0.05, 0) is 42.9 Å². The summed E-state index contributed by atoms with van der Waals surface area (Å²) in [6, 6.07) is 0.774. The van der Waals surface area contributed by atoms with E-state index in [4.69, 9.17) is 17.2 Å². The maximum absolute atomic E-state index is 13.2. The van der Waals surface area contributed by atoms with E-state index in [0.717, 1.165) is 0 Å². The van der Waals surface area contributed by atoms with Gasteiger partial charge in [0, 0.05) is 6.54 Å². The van der Waals surface area contributed by atoms with Crippen molar-refractivity contribution in [2.24, 2.45) is 28.1 Å². The first-order chi connectivity index (χ1) is 18.7. The normalized spacial score (nSPS) is 14.5. The van der Waals surface area contributed by atoms with Gasteiger partial charge >= 0.3 is 11.9 Å². The Morgan fingerprint density at radius 2 is 1.50 bits per heavy atom. The van der Waals surface area contributed by atoms with Crippen LogP contribution in [0.15, 0.2) is 29.3 Å². The van der Waals surface area contributed by atoms with Crippen molar-refractivity contribution in [3.63, 3.8) is 0 Å². The minimum absolute atomic E-state index is 0.00626. The molecule has 40 heavy (non-hydrogen) atoms. The summed E-state index contributed by atoms with van der Waals surface area (Å²) in [7, 11) is 0. The predicted molar refractivity (Wildman–Crippen MR) is 145 cm³/mol. The van der Waals surface area contributed by atoms with Crippen molar-refractivity contribution in [1.82, 2.24) is 16.0 Å². The highest BCUT2D eigenvalue weighted by Gasteiger charge is 2.33. The number of rotatable bonds is 17. The summed E-state index contributed by atoms with van der Waals surface area (Å²) in [6.07, 6.45) is -0.0910. The summed E-state index contributed by atoms with van der Waals surface area (Å²) in [5, 5.41) is 35.3. The Morgan fingerprint density at radius 3 is 2.02 bits per heavy atom. The lowest BCUT2D eigenvalue weighted by molar-refractivity contribution is -0.144. The van der Waals surface area contributed by atoms with Crippen LogP contribution in [-0.4, -0.2) is 81.7 Å². The van der Waals surface area contributed by atoms with Crippen LogP contribution in [0.5, 0.6) is 5.75 Å². The lowest BCUT2D eigenvalue weighted by atomic mass is 9.98. The number of aromatic hydroxyl groups is 1. The van der Waals surface area contributed by atoms with Crippen LogP contribution in [0, 0.1) is 5.92 Å². The lowest BCUT2D eigenvalue weighted by Crippen LogP contribution is -2.58. The number of carboxylic acids is 2. The van der Waals surface area contributed by atoms with Gasteiger partial charge in [-0.2, -0.15) is 0 Å². The molecule has 0 spiro atoms. The van der Waals surface area contributed by atoms with Crippen LogP contribution in [0.3, 0.4) is 0 Å². The Kier molecular flexibility index (Phi) is 13.9. The molecule has 15 nitrogen and oxygen atoms in total. The van der Waals surface area contributed by atoms with Gasteiger partial charge in [0.15, 0.2) is 5.96 Å². The number of aliphatic imine (C=N–C) groups is 1. The maximum Gasteiger partial charge on any atom is 0.326 e. The molecule has 0 aliphatic rings. The molecule has 0 bridgehead atoms. The summed E-state index contributed by atoms with van der Waals surface area (Å²) in [5.74, 6) is -5.91. The van der Waals surface area contributed by atoms with Crippen molar-refractivity contribution in [1.29, 1.82) is 0 Å². The summed E-state index contributed by atoms with van der Waals surface area (Å²) in [4.78, 5) is 65.7. The zero-order valence-corrected chi connectivity index (χ0v) is 22.5. The first kappa shape index (κ1) is 33.6. The van der Waals surface area contributed by atoms with Gasteiger partial charge < -0.3 is 48.5 Å². The molecule has 0 fully saturated rings. The molecular formula is C25H39N7O8. The standard InChI is InChI=1S/C25H39N7O8/c1-3-13(2)20(24(39)40)32-23(38)18(12-19(34)35)31-22(37)17(5-4-10-29-25(27)28)30-21(36)16(26)11-14-6-8-15(33)9-7-14/h6-9,13,16-18,20,33H,3-5,10-12,26H2,1-2H3,(H,30,36)(H,31,37)(H,32,38)(H,34,35)(H,39,40)(H4,27,28,29). The Hall–Kier alpha value is -4.40. The largest absolute Gasteiger partial charge is 0.508 e. The SMILES string of the molecule is CCC(C)C(NC(=O)C(CC(=O)O)NC(=O)C(CCCN=C(N)N)NC(=O)C(N)Cc1ccc(O)cc1)C(=O)O. The zero-order chi connectivity index (χ0) is 30.4. The van der Waals surface area contributed by atoms with Crippen molar-refractivity contribution < 1.29 is 39.3 Å². The van der Waals surface area contributed by atoms with Crippen molar-refractivity contribution in [2.75, 3.05) is 6.54 Å². The third-order valence-electron chi connectivity index (χ3n) is 6.10. The topological polar surface area (TPSA) is 273 Å². The third-order valence-corrected chi connectivity index (χ3v) is 6.10. The number of phenols is 1. The van der Waals surface area contributed by atoms with Crippen LogP contribution in [-0.2, 0) is 30.4 Å². The molecule has 1 rings (SSSR count). The summed E-state index contributed by atoms with van der Waals surface area (Å²) in [6.45, 7) is 3.45. The number of carbonyl (C=O) groups excluding carboxylic acids is 3. The van der Waals surface area contributed by atoms with E-state index in [2.05, 4.69) is 20.9 Å². The van der Waals surface area contributed by atoms with Gasteiger partial charge in [0.05, 0.1) is 12.5 Å². The van der Waals surface area contributed by atoms with E-state index in [1.165, 1.54) is 12.1 Å². The molecular weight excluding hydrogens is 526 g/mol. The molecule has 0 heterocycles. The van der Waals surface area contributed by atoms with Crippen LogP contribution in [0.1, 0.15) is 45.1 Å². The van der Waals surface area contributed by atoms with Crippen LogP contribution in [0.25, 0.3) is 0 Å². The van der Waals surface area contributed by atoms with Gasteiger partial charge in [-0.15, -0.1) is 0 Å². The Balaban J connectivity index is 3.07. The van der Waals surface area contributed by atoms with Gasteiger partial charge in [0.25, 0.3) is 0 Å². The molecule has 0 saturated heterocycles. The molecule has 0 saturated carbocycles. The van der Waals surface area contributed by atoms with Crippen molar-refractivity contribution in [3.05, 3.63) is 29.8 Å². The quantitative estimate of drug-likeness (QED) is 0.0587. The molecule has 1 aromatic carbocycles. The zero-order valence-electron chi connectivity index (χ0n) is 22.5. The Morgan fingerprint density at radius 1 is 0.925 bits per heavy atom. The molecule has 5 unspecified atom stereocenters. The molecule has 15 heteroatoms. The van der Waals surface area contributed by atoms with Crippen LogP contribution in [0.2, 0.25) is 0 Å². The highest BCUT2D eigenvalue weighted by molar-refractivity contribution is 5.95. The number of guanidine groups is 1. The highest BCUT2D eigenvalue weighted by atomic mass is 16.4. The molecule has 0 radical (unpaired) electrons. The van der Waals surface area contributed by atoms with Gasteiger partial charge in [-0.1, -0.05) is 32.4 Å². The number of aliphatic carboxylic acids is 2. The maximum atomic E-state index is 13.2. The first-order valence-corrected chi connectivity index (χ1v) is 12.7. The summed E-state index contributed by atoms with van der Waals surface area (Å²) in [5.41, 5.74) is 17.3. The number of benzene rings is 1. The second kappa shape index (κ2) is 16.5.